The van der Waals surface area contributed by atoms with Crippen molar-refractivity contribution in [3.05, 3.63) is 35.4 Å². The molecule has 0 aromatic heterocycles. The maximum Gasteiger partial charge on any atom is 0.416 e. The van der Waals surface area contributed by atoms with E-state index in [2.05, 4.69) is 15.9 Å². The Morgan fingerprint density at radius 3 is 2.37 bits per heavy atom. The van der Waals surface area contributed by atoms with Crippen LogP contribution in [0, 0.1) is 0 Å². The Morgan fingerprint density at radius 1 is 1.26 bits per heavy atom. The topological polar surface area (TPSA) is 26.3 Å². The van der Waals surface area contributed by atoms with Crippen LogP contribution in [0.5, 0.6) is 0 Å². The lowest BCUT2D eigenvalue weighted by Crippen LogP contribution is -2.37. The van der Waals surface area contributed by atoms with Gasteiger partial charge in [0.25, 0.3) is 0 Å². The molecule has 0 saturated carbocycles. The predicted octanol–water partition coefficient (Wildman–Crippen LogP) is 4.02. The zero-order valence-corrected chi connectivity index (χ0v) is 11.6. The number of carbonyl (C=O) groups excluding carboxylic acids is 1. The molecular formula is C13H12BrF3O2. The quantitative estimate of drug-likeness (QED) is 0.602. The van der Waals surface area contributed by atoms with Gasteiger partial charge in [0.05, 0.1) is 5.56 Å². The molecule has 1 aliphatic heterocycles. The SMILES string of the molecule is O=C1CCCC(CBr)(c2ccc(C(F)(F)F)cc2)O1. The Morgan fingerprint density at radius 2 is 1.89 bits per heavy atom. The van der Waals surface area contributed by atoms with Gasteiger partial charge in [0.2, 0.25) is 0 Å². The third-order valence-corrected chi connectivity index (χ3v) is 4.13. The zero-order chi connectivity index (χ0) is 14.1. The van der Waals surface area contributed by atoms with Crippen LogP contribution in [0.3, 0.4) is 0 Å². The summed E-state index contributed by atoms with van der Waals surface area (Å²) in [6, 6.07) is 4.79. The smallest absolute Gasteiger partial charge is 0.416 e. The number of halogens is 4. The molecule has 104 valence electrons. The van der Waals surface area contributed by atoms with Gasteiger partial charge in [0, 0.05) is 11.8 Å². The molecule has 0 aliphatic carbocycles. The van der Waals surface area contributed by atoms with E-state index in [0.717, 1.165) is 12.1 Å². The third kappa shape index (κ3) is 2.94. The summed E-state index contributed by atoms with van der Waals surface area (Å²) in [6.45, 7) is 0. The second-order valence-corrected chi connectivity index (χ2v) is 5.09. The van der Waals surface area contributed by atoms with Gasteiger partial charge in [0.15, 0.2) is 0 Å². The number of esters is 1. The van der Waals surface area contributed by atoms with Crippen molar-refractivity contribution in [2.45, 2.75) is 31.0 Å². The largest absolute Gasteiger partial charge is 0.453 e. The average molecular weight is 337 g/mol. The van der Waals surface area contributed by atoms with Gasteiger partial charge in [-0.25, -0.2) is 0 Å². The first-order valence-electron chi connectivity index (χ1n) is 5.83. The molecule has 0 spiro atoms. The minimum Gasteiger partial charge on any atom is -0.453 e. The van der Waals surface area contributed by atoms with Crippen LogP contribution >= 0.6 is 15.9 Å². The first-order chi connectivity index (χ1) is 8.87. The van der Waals surface area contributed by atoms with Gasteiger partial charge < -0.3 is 4.74 Å². The fourth-order valence-corrected chi connectivity index (χ4v) is 2.89. The number of hydrogen-bond acceptors (Lipinski definition) is 2. The van der Waals surface area contributed by atoms with E-state index in [1.807, 2.05) is 0 Å². The summed E-state index contributed by atoms with van der Waals surface area (Å²) in [7, 11) is 0. The highest BCUT2D eigenvalue weighted by Gasteiger charge is 2.39. The lowest BCUT2D eigenvalue weighted by atomic mass is 9.87. The molecule has 2 rings (SSSR count). The second kappa shape index (κ2) is 5.15. The number of rotatable bonds is 2. The van der Waals surface area contributed by atoms with E-state index in [9.17, 15) is 18.0 Å². The number of carbonyl (C=O) groups is 1. The van der Waals surface area contributed by atoms with E-state index in [1.54, 1.807) is 0 Å². The van der Waals surface area contributed by atoms with Crippen LogP contribution in [-0.4, -0.2) is 11.3 Å². The van der Waals surface area contributed by atoms with Crippen molar-refractivity contribution >= 4 is 21.9 Å². The minimum atomic E-state index is -4.36. The summed E-state index contributed by atoms with van der Waals surface area (Å²) in [5, 5.41) is 0.372. The summed E-state index contributed by atoms with van der Waals surface area (Å²) in [4.78, 5) is 11.4. The standard InChI is InChI=1S/C13H12BrF3O2/c14-8-12(7-1-2-11(18)19-12)9-3-5-10(6-4-9)13(15,16)17/h3-6H,1-2,7-8H2. The van der Waals surface area contributed by atoms with Crippen molar-refractivity contribution in [2.75, 3.05) is 5.33 Å². The summed E-state index contributed by atoms with van der Waals surface area (Å²) < 4.78 is 42.9. The number of ether oxygens (including phenoxy) is 1. The second-order valence-electron chi connectivity index (χ2n) is 4.53. The lowest BCUT2D eigenvalue weighted by Gasteiger charge is -2.35. The summed E-state index contributed by atoms with van der Waals surface area (Å²) >= 11 is 3.29. The highest BCUT2D eigenvalue weighted by Crippen LogP contribution is 2.38. The molecule has 1 aromatic carbocycles. The third-order valence-electron chi connectivity index (χ3n) is 3.22. The fourth-order valence-electron chi connectivity index (χ4n) is 2.18. The van der Waals surface area contributed by atoms with Gasteiger partial charge in [0.1, 0.15) is 5.60 Å². The molecule has 1 heterocycles. The van der Waals surface area contributed by atoms with Crippen molar-refractivity contribution < 1.29 is 22.7 Å². The number of cyclic esters (lactones) is 1. The van der Waals surface area contributed by atoms with E-state index in [0.29, 0.717) is 30.2 Å². The Kier molecular flexibility index (Phi) is 3.90. The maximum absolute atomic E-state index is 12.5. The van der Waals surface area contributed by atoms with Gasteiger partial charge >= 0.3 is 12.1 Å². The zero-order valence-electron chi connectivity index (χ0n) is 9.97. The van der Waals surface area contributed by atoms with E-state index >= 15 is 0 Å². The number of hydrogen-bond donors (Lipinski definition) is 0. The maximum atomic E-state index is 12.5. The number of benzene rings is 1. The van der Waals surface area contributed by atoms with E-state index < -0.39 is 17.3 Å². The lowest BCUT2D eigenvalue weighted by molar-refractivity contribution is -0.165. The first kappa shape index (κ1) is 14.4. The molecule has 0 N–H and O–H groups in total. The Bertz CT molecular complexity index is 470. The van der Waals surface area contributed by atoms with Crippen LogP contribution in [0.2, 0.25) is 0 Å². The monoisotopic (exact) mass is 336 g/mol. The molecule has 0 radical (unpaired) electrons. The molecule has 1 atom stereocenters. The van der Waals surface area contributed by atoms with Crippen molar-refractivity contribution in [1.82, 2.24) is 0 Å². The molecule has 1 saturated heterocycles. The van der Waals surface area contributed by atoms with Crippen LogP contribution in [0.1, 0.15) is 30.4 Å². The van der Waals surface area contributed by atoms with Crippen molar-refractivity contribution in [3.8, 4) is 0 Å². The van der Waals surface area contributed by atoms with Crippen LogP contribution < -0.4 is 0 Å². The van der Waals surface area contributed by atoms with Gasteiger partial charge in [-0.2, -0.15) is 13.2 Å². The van der Waals surface area contributed by atoms with Crippen molar-refractivity contribution in [1.29, 1.82) is 0 Å². The molecule has 1 aromatic rings. The van der Waals surface area contributed by atoms with Crippen LogP contribution in [0.4, 0.5) is 13.2 Å². The molecule has 1 fully saturated rings. The van der Waals surface area contributed by atoms with Crippen LogP contribution in [0.25, 0.3) is 0 Å². The van der Waals surface area contributed by atoms with Gasteiger partial charge in [-0.3, -0.25) is 4.79 Å². The van der Waals surface area contributed by atoms with Gasteiger partial charge in [-0.05, 0) is 30.5 Å². The minimum absolute atomic E-state index is 0.314. The van der Waals surface area contributed by atoms with Crippen molar-refractivity contribution in [3.63, 3.8) is 0 Å². The molecule has 2 nitrogen and oxygen atoms in total. The Hall–Kier alpha value is -1.04. The highest BCUT2D eigenvalue weighted by atomic mass is 79.9. The fraction of sp³-hybridized carbons (Fsp3) is 0.462. The van der Waals surface area contributed by atoms with E-state index in [-0.39, 0.29) is 5.97 Å². The molecule has 1 aliphatic rings. The first-order valence-corrected chi connectivity index (χ1v) is 6.95. The average Bonchev–Trinajstić information content (AvgIpc) is 2.38. The van der Waals surface area contributed by atoms with Crippen LogP contribution in [-0.2, 0) is 21.3 Å². The Labute approximate surface area is 117 Å². The normalized spacial score (nSPS) is 24.1. The Balaban J connectivity index is 2.31. The molecule has 0 amide bonds. The molecule has 6 heteroatoms. The number of alkyl halides is 4. The molecule has 19 heavy (non-hydrogen) atoms. The van der Waals surface area contributed by atoms with E-state index in [1.165, 1.54) is 12.1 Å². The highest BCUT2D eigenvalue weighted by molar-refractivity contribution is 9.09. The van der Waals surface area contributed by atoms with Crippen molar-refractivity contribution in [2.24, 2.45) is 0 Å². The summed E-state index contributed by atoms with van der Waals surface area (Å²) in [5.41, 5.74) is -0.965. The predicted molar refractivity (Wildman–Crippen MR) is 66.9 cm³/mol. The summed E-state index contributed by atoms with van der Waals surface area (Å²) in [5.74, 6) is -0.314. The molecular weight excluding hydrogens is 325 g/mol. The van der Waals surface area contributed by atoms with Gasteiger partial charge in [-0.1, -0.05) is 28.1 Å². The molecule has 1 unspecified atom stereocenters. The van der Waals surface area contributed by atoms with Gasteiger partial charge in [-0.15, -0.1) is 0 Å². The summed E-state index contributed by atoms with van der Waals surface area (Å²) in [6.07, 6.45) is -2.72. The molecule has 0 bridgehead atoms. The van der Waals surface area contributed by atoms with E-state index in [4.69, 9.17) is 4.74 Å². The van der Waals surface area contributed by atoms with Crippen LogP contribution in [0.15, 0.2) is 24.3 Å².